The molecule has 0 aliphatic carbocycles. The summed E-state index contributed by atoms with van der Waals surface area (Å²) in [5, 5.41) is 21.3. The zero-order valence-corrected chi connectivity index (χ0v) is 9.19. The van der Waals surface area contributed by atoms with Crippen LogP contribution in [0.1, 0.15) is 12.8 Å². The molecule has 94 valence electrons. The molecule has 2 atom stereocenters. The molecular weight excluding hydrogens is 228 g/mol. The first-order valence-electron chi connectivity index (χ1n) is 5.21. The minimum Gasteiger partial charge on any atom is -0.481 e. The van der Waals surface area contributed by atoms with E-state index in [0.717, 1.165) is 0 Å². The number of likely N-dealkylation sites (tertiary alicyclic amines) is 1. The molecule has 1 aliphatic heterocycles. The van der Waals surface area contributed by atoms with Gasteiger partial charge in [-0.1, -0.05) is 5.11 Å². The smallest absolute Gasteiger partial charge is 0.306 e. The van der Waals surface area contributed by atoms with Crippen molar-refractivity contribution in [3.05, 3.63) is 10.4 Å². The number of amides is 1. The Bertz CT molecular complexity index is 353. The topological polar surface area (TPSA) is 127 Å². The summed E-state index contributed by atoms with van der Waals surface area (Å²) in [7, 11) is 0. The first-order valence-corrected chi connectivity index (χ1v) is 5.21. The number of aliphatic hydroxyl groups is 1. The molecule has 0 aromatic rings. The van der Waals surface area contributed by atoms with Gasteiger partial charge in [0.25, 0.3) is 0 Å². The van der Waals surface area contributed by atoms with E-state index in [1.54, 1.807) is 0 Å². The lowest BCUT2D eigenvalue weighted by molar-refractivity contribution is -0.140. The van der Waals surface area contributed by atoms with Crippen molar-refractivity contribution in [2.24, 2.45) is 11.0 Å². The van der Waals surface area contributed by atoms with Gasteiger partial charge in [0.2, 0.25) is 5.91 Å². The molecule has 2 N–H and O–H groups in total. The van der Waals surface area contributed by atoms with E-state index in [-0.39, 0.29) is 37.8 Å². The van der Waals surface area contributed by atoms with Gasteiger partial charge in [-0.3, -0.25) is 9.59 Å². The average molecular weight is 242 g/mol. The second-order valence-corrected chi connectivity index (χ2v) is 4.03. The number of carboxylic acids is 1. The van der Waals surface area contributed by atoms with E-state index in [1.165, 1.54) is 4.90 Å². The first-order chi connectivity index (χ1) is 8.02. The molecule has 1 aliphatic rings. The zero-order valence-electron chi connectivity index (χ0n) is 9.19. The Morgan fingerprint density at radius 2 is 2.41 bits per heavy atom. The maximum atomic E-state index is 11.5. The van der Waals surface area contributed by atoms with Crippen LogP contribution in [-0.4, -0.2) is 52.7 Å². The third-order valence-electron chi connectivity index (χ3n) is 2.54. The molecule has 1 rings (SSSR count). The fourth-order valence-corrected chi connectivity index (χ4v) is 1.83. The lowest BCUT2D eigenvalue weighted by atomic mass is 10.1. The lowest BCUT2D eigenvalue weighted by Gasteiger charge is -2.19. The summed E-state index contributed by atoms with van der Waals surface area (Å²) in [4.78, 5) is 25.9. The largest absolute Gasteiger partial charge is 0.481 e. The standard InChI is InChI=1S/C9H14N4O4/c10-12-11-3-6-1-8(15)13(4-6)5-7(14)2-9(16)17/h6-7,14H,1-5H2,(H,16,17). The van der Waals surface area contributed by atoms with E-state index in [2.05, 4.69) is 10.0 Å². The molecule has 8 heteroatoms. The van der Waals surface area contributed by atoms with Crippen molar-refractivity contribution in [2.75, 3.05) is 19.6 Å². The van der Waals surface area contributed by atoms with Crippen molar-refractivity contribution in [3.63, 3.8) is 0 Å². The van der Waals surface area contributed by atoms with Crippen LogP contribution >= 0.6 is 0 Å². The molecule has 0 saturated carbocycles. The Balaban J connectivity index is 2.42. The second-order valence-electron chi connectivity index (χ2n) is 4.03. The maximum absolute atomic E-state index is 11.5. The molecule has 0 radical (unpaired) electrons. The van der Waals surface area contributed by atoms with Crippen molar-refractivity contribution < 1.29 is 19.8 Å². The van der Waals surface area contributed by atoms with Gasteiger partial charge < -0.3 is 15.1 Å². The number of hydrogen-bond donors (Lipinski definition) is 2. The number of aliphatic hydroxyl groups excluding tert-OH is 1. The van der Waals surface area contributed by atoms with Gasteiger partial charge in [0, 0.05) is 31.0 Å². The van der Waals surface area contributed by atoms with Gasteiger partial charge >= 0.3 is 5.97 Å². The molecule has 1 fully saturated rings. The number of rotatable bonds is 6. The highest BCUT2D eigenvalue weighted by atomic mass is 16.4. The van der Waals surface area contributed by atoms with Gasteiger partial charge in [-0.2, -0.15) is 0 Å². The van der Waals surface area contributed by atoms with Crippen LogP contribution in [0.4, 0.5) is 0 Å². The molecule has 8 nitrogen and oxygen atoms in total. The van der Waals surface area contributed by atoms with Gasteiger partial charge in [0.05, 0.1) is 12.5 Å². The zero-order chi connectivity index (χ0) is 12.8. The summed E-state index contributed by atoms with van der Waals surface area (Å²) in [6.07, 6.45) is -1.17. The quantitative estimate of drug-likeness (QED) is 0.385. The van der Waals surface area contributed by atoms with Crippen LogP contribution in [0.2, 0.25) is 0 Å². The molecule has 0 spiro atoms. The Hall–Kier alpha value is -1.79. The van der Waals surface area contributed by atoms with E-state index in [0.29, 0.717) is 6.54 Å². The molecule has 2 unspecified atom stereocenters. The molecule has 17 heavy (non-hydrogen) atoms. The number of carbonyl (C=O) groups excluding carboxylic acids is 1. The Morgan fingerprint density at radius 1 is 1.71 bits per heavy atom. The van der Waals surface area contributed by atoms with Gasteiger partial charge in [-0.25, -0.2) is 0 Å². The van der Waals surface area contributed by atoms with E-state index in [1.807, 2.05) is 0 Å². The highest BCUT2D eigenvalue weighted by molar-refractivity contribution is 5.78. The number of nitrogens with zero attached hydrogens (tertiary/aromatic N) is 4. The number of β-amino-alcohol motifs (C(OH)–C–C–N with tert-alkyl or cyclic N) is 1. The number of azide groups is 1. The number of aliphatic carboxylic acids is 1. The highest BCUT2D eigenvalue weighted by Crippen LogP contribution is 2.18. The summed E-state index contributed by atoms with van der Waals surface area (Å²) >= 11 is 0. The summed E-state index contributed by atoms with van der Waals surface area (Å²) < 4.78 is 0. The third-order valence-corrected chi connectivity index (χ3v) is 2.54. The van der Waals surface area contributed by atoms with Crippen LogP contribution in [-0.2, 0) is 9.59 Å². The van der Waals surface area contributed by atoms with Crippen molar-refractivity contribution in [2.45, 2.75) is 18.9 Å². The number of carboxylic acid groups (broad SMARTS) is 1. The van der Waals surface area contributed by atoms with Crippen molar-refractivity contribution in [3.8, 4) is 0 Å². The van der Waals surface area contributed by atoms with Crippen LogP contribution in [0.15, 0.2) is 5.11 Å². The minimum absolute atomic E-state index is 0.0118. The van der Waals surface area contributed by atoms with Gasteiger partial charge in [-0.15, -0.1) is 0 Å². The molecule has 0 aromatic carbocycles. The fraction of sp³-hybridized carbons (Fsp3) is 0.778. The normalized spacial score (nSPS) is 21.1. The molecule has 1 amide bonds. The number of carbonyl (C=O) groups is 2. The molecule has 1 saturated heterocycles. The van der Waals surface area contributed by atoms with Crippen LogP contribution in [0.3, 0.4) is 0 Å². The SMILES string of the molecule is [N-]=[N+]=NCC1CC(=O)N(CC(O)CC(=O)O)C1. The predicted octanol–water partition coefficient (Wildman–Crippen LogP) is -0.0192. The fourth-order valence-electron chi connectivity index (χ4n) is 1.83. The minimum atomic E-state index is -1.10. The van der Waals surface area contributed by atoms with Gasteiger partial charge in [-0.05, 0) is 11.4 Å². The summed E-state index contributed by atoms with van der Waals surface area (Å²) in [6.45, 7) is 0.653. The van der Waals surface area contributed by atoms with Crippen LogP contribution < -0.4 is 0 Å². The van der Waals surface area contributed by atoms with Crippen LogP contribution in [0.5, 0.6) is 0 Å². The first kappa shape index (κ1) is 13.3. The van der Waals surface area contributed by atoms with E-state index in [9.17, 15) is 14.7 Å². The Morgan fingerprint density at radius 3 is 3.00 bits per heavy atom. The predicted molar refractivity (Wildman–Crippen MR) is 57.0 cm³/mol. The summed E-state index contributed by atoms with van der Waals surface area (Å²) in [5.74, 6) is -1.29. The second kappa shape index (κ2) is 6.07. The maximum Gasteiger partial charge on any atom is 0.306 e. The molecule has 0 aromatic heterocycles. The summed E-state index contributed by atoms with van der Waals surface area (Å²) in [5.41, 5.74) is 8.16. The third kappa shape index (κ3) is 4.29. The van der Waals surface area contributed by atoms with Crippen LogP contribution in [0, 0.1) is 5.92 Å². The molecule has 0 bridgehead atoms. The van der Waals surface area contributed by atoms with E-state index < -0.39 is 12.1 Å². The van der Waals surface area contributed by atoms with Crippen molar-refractivity contribution in [1.29, 1.82) is 0 Å². The van der Waals surface area contributed by atoms with Gasteiger partial charge in [0.1, 0.15) is 0 Å². The number of hydrogen-bond acceptors (Lipinski definition) is 4. The molecular formula is C9H14N4O4. The summed E-state index contributed by atoms with van der Waals surface area (Å²) in [6, 6.07) is 0. The Kier molecular flexibility index (Phi) is 4.74. The molecule has 1 heterocycles. The van der Waals surface area contributed by atoms with E-state index in [4.69, 9.17) is 10.6 Å². The average Bonchev–Trinajstić information content (AvgIpc) is 2.55. The monoisotopic (exact) mass is 242 g/mol. The van der Waals surface area contributed by atoms with Crippen molar-refractivity contribution >= 4 is 11.9 Å². The van der Waals surface area contributed by atoms with Crippen LogP contribution in [0.25, 0.3) is 10.4 Å². The van der Waals surface area contributed by atoms with Gasteiger partial charge in [0.15, 0.2) is 0 Å². The van der Waals surface area contributed by atoms with E-state index >= 15 is 0 Å². The highest BCUT2D eigenvalue weighted by Gasteiger charge is 2.30. The lowest BCUT2D eigenvalue weighted by Crippen LogP contribution is -2.34. The Labute approximate surface area is 97.5 Å². The van der Waals surface area contributed by atoms with Crippen molar-refractivity contribution in [1.82, 2.24) is 4.90 Å².